The number of aliphatic hydroxyl groups excluding tert-OH is 1. The predicted octanol–water partition coefficient (Wildman–Crippen LogP) is 1.57. The zero-order valence-corrected chi connectivity index (χ0v) is 14.5. The van der Waals surface area contributed by atoms with Crippen LogP contribution in [0, 0.1) is 6.92 Å². The highest BCUT2D eigenvalue weighted by Crippen LogP contribution is 2.33. The number of carbonyl (C=O) groups excluding carboxylic acids is 2. The molecule has 0 amide bonds. The number of thiophene rings is 1. The van der Waals surface area contributed by atoms with Crippen molar-refractivity contribution in [2.24, 2.45) is 0 Å². The highest BCUT2D eigenvalue weighted by Gasteiger charge is 2.21. The zero-order chi connectivity index (χ0) is 17.9. The third-order valence-corrected chi connectivity index (χ3v) is 4.49. The van der Waals surface area contributed by atoms with E-state index in [1.807, 2.05) is 0 Å². The number of nitrogens with two attached hydrogens (primary N) is 1. The van der Waals surface area contributed by atoms with Crippen molar-refractivity contribution in [1.29, 1.82) is 0 Å². The lowest BCUT2D eigenvalue weighted by Crippen LogP contribution is -2.22. The summed E-state index contributed by atoms with van der Waals surface area (Å²) in [6.45, 7) is 5.21. The maximum atomic E-state index is 12.0. The number of ether oxygens (including phenoxy) is 2. The second-order valence-corrected chi connectivity index (χ2v) is 6.01. The number of hydrogen-bond donors (Lipinski definition) is 2. The van der Waals surface area contributed by atoms with Crippen LogP contribution in [0.25, 0.3) is 10.2 Å². The van der Waals surface area contributed by atoms with Crippen molar-refractivity contribution in [3.05, 3.63) is 16.3 Å². The largest absolute Gasteiger partial charge is 0.462 e. The monoisotopic (exact) mass is 353 g/mol. The first-order chi connectivity index (χ1) is 11.4. The van der Waals surface area contributed by atoms with Crippen molar-refractivity contribution in [2.45, 2.75) is 39.9 Å². The van der Waals surface area contributed by atoms with Gasteiger partial charge in [-0.3, -0.25) is 0 Å². The Hall–Kier alpha value is -2.26. The molecule has 24 heavy (non-hydrogen) atoms. The van der Waals surface area contributed by atoms with Crippen LogP contribution in [0.4, 0.5) is 5.82 Å². The van der Waals surface area contributed by atoms with Gasteiger partial charge in [-0.15, -0.1) is 11.3 Å². The van der Waals surface area contributed by atoms with Gasteiger partial charge in [0.25, 0.3) is 0 Å². The molecule has 2 heterocycles. The number of hydrogen-bond acceptors (Lipinski definition) is 9. The van der Waals surface area contributed by atoms with Crippen LogP contribution in [-0.2, 0) is 20.9 Å². The molecule has 0 aliphatic heterocycles. The van der Waals surface area contributed by atoms with E-state index in [0.717, 1.165) is 11.3 Å². The van der Waals surface area contributed by atoms with Crippen LogP contribution in [0.5, 0.6) is 0 Å². The van der Waals surface area contributed by atoms with Gasteiger partial charge in [0.15, 0.2) is 18.5 Å². The van der Waals surface area contributed by atoms with Crippen LogP contribution in [0.15, 0.2) is 0 Å². The molecule has 8 nitrogen and oxygen atoms in total. The van der Waals surface area contributed by atoms with E-state index in [1.54, 1.807) is 20.8 Å². The third-order valence-electron chi connectivity index (χ3n) is 3.33. The molecule has 2 aromatic rings. The van der Waals surface area contributed by atoms with Crippen molar-refractivity contribution in [1.82, 2.24) is 9.97 Å². The Balaban J connectivity index is 2.29. The Morgan fingerprint density at radius 3 is 2.62 bits per heavy atom. The standard InChI is InChI=1S/C15H19N3O5S/c1-4-8(19)14(20)23-6-9-17-12(16)10-7(3)11(15(21)22-5-2)24-13(10)18-9/h8,19H,4-6H2,1-3H3,(H2,16,17,18). The van der Waals surface area contributed by atoms with Gasteiger partial charge in [-0.05, 0) is 25.8 Å². The number of rotatable bonds is 6. The molecule has 0 saturated carbocycles. The van der Waals surface area contributed by atoms with E-state index in [2.05, 4.69) is 9.97 Å². The molecule has 0 fully saturated rings. The van der Waals surface area contributed by atoms with Crippen LogP contribution in [-0.4, -0.2) is 39.7 Å². The summed E-state index contributed by atoms with van der Waals surface area (Å²) >= 11 is 1.15. The van der Waals surface area contributed by atoms with E-state index in [4.69, 9.17) is 15.2 Å². The molecule has 0 aliphatic carbocycles. The molecular formula is C15H19N3O5S. The molecule has 0 spiro atoms. The van der Waals surface area contributed by atoms with Crippen molar-refractivity contribution in [3.8, 4) is 0 Å². The molecule has 0 aromatic carbocycles. The fraction of sp³-hybridized carbons (Fsp3) is 0.467. The van der Waals surface area contributed by atoms with Gasteiger partial charge in [0, 0.05) is 0 Å². The molecule has 0 saturated heterocycles. The number of anilines is 1. The second-order valence-electron chi connectivity index (χ2n) is 5.01. The van der Waals surface area contributed by atoms with Gasteiger partial charge in [-0.2, -0.15) is 0 Å². The van der Waals surface area contributed by atoms with Crippen LogP contribution >= 0.6 is 11.3 Å². The predicted molar refractivity (Wildman–Crippen MR) is 88.6 cm³/mol. The lowest BCUT2D eigenvalue weighted by Gasteiger charge is -2.08. The van der Waals surface area contributed by atoms with Gasteiger partial charge in [0.1, 0.15) is 15.5 Å². The average molecular weight is 353 g/mol. The van der Waals surface area contributed by atoms with Crippen molar-refractivity contribution >= 4 is 39.3 Å². The maximum absolute atomic E-state index is 12.0. The van der Waals surface area contributed by atoms with E-state index in [9.17, 15) is 14.7 Å². The van der Waals surface area contributed by atoms with Crippen molar-refractivity contribution < 1.29 is 24.2 Å². The second kappa shape index (κ2) is 7.54. The molecule has 130 valence electrons. The molecule has 0 aliphatic rings. The SMILES string of the molecule is CCOC(=O)c1sc2nc(COC(=O)C(O)CC)nc(N)c2c1C. The van der Waals surface area contributed by atoms with Gasteiger partial charge in [0.05, 0.1) is 12.0 Å². The topological polar surface area (TPSA) is 125 Å². The van der Waals surface area contributed by atoms with Crippen LogP contribution in [0.3, 0.4) is 0 Å². The number of nitrogens with zero attached hydrogens (tertiary/aromatic N) is 2. The van der Waals surface area contributed by atoms with E-state index in [1.165, 1.54) is 0 Å². The molecule has 1 atom stereocenters. The van der Waals surface area contributed by atoms with Crippen LogP contribution in [0.2, 0.25) is 0 Å². The summed E-state index contributed by atoms with van der Waals surface area (Å²) in [7, 11) is 0. The van der Waals surface area contributed by atoms with E-state index >= 15 is 0 Å². The molecule has 0 bridgehead atoms. The molecule has 2 rings (SSSR count). The summed E-state index contributed by atoms with van der Waals surface area (Å²) in [5, 5.41) is 9.98. The highest BCUT2D eigenvalue weighted by atomic mass is 32.1. The van der Waals surface area contributed by atoms with E-state index in [0.29, 0.717) is 20.7 Å². The van der Waals surface area contributed by atoms with Gasteiger partial charge in [0.2, 0.25) is 0 Å². The van der Waals surface area contributed by atoms with E-state index < -0.39 is 18.0 Å². The molecule has 1 unspecified atom stereocenters. The van der Waals surface area contributed by atoms with Crippen molar-refractivity contribution in [2.75, 3.05) is 12.3 Å². The summed E-state index contributed by atoms with van der Waals surface area (Å²) in [6.07, 6.45) is -0.918. The molecule has 0 radical (unpaired) electrons. The fourth-order valence-electron chi connectivity index (χ4n) is 2.07. The van der Waals surface area contributed by atoms with Gasteiger partial charge < -0.3 is 20.3 Å². The van der Waals surface area contributed by atoms with Crippen LogP contribution < -0.4 is 5.73 Å². The molecule has 9 heteroatoms. The fourth-order valence-corrected chi connectivity index (χ4v) is 3.17. The number of aliphatic hydroxyl groups is 1. The van der Waals surface area contributed by atoms with Crippen LogP contribution in [0.1, 0.15) is 41.3 Å². The summed E-state index contributed by atoms with van der Waals surface area (Å²) in [6, 6.07) is 0. The Labute approximate surface area is 142 Å². The van der Waals surface area contributed by atoms with E-state index in [-0.39, 0.29) is 31.3 Å². The number of esters is 2. The van der Waals surface area contributed by atoms with Crippen molar-refractivity contribution in [3.63, 3.8) is 0 Å². The Kier molecular flexibility index (Phi) is 5.68. The minimum atomic E-state index is -1.18. The van der Waals surface area contributed by atoms with Gasteiger partial charge >= 0.3 is 11.9 Å². The minimum absolute atomic E-state index is 0.200. The number of nitrogen functional groups attached to an aromatic ring is 1. The molecule has 3 N–H and O–H groups in total. The summed E-state index contributed by atoms with van der Waals surface area (Å²) in [5.41, 5.74) is 6.61. The Morgan fingerprint density at radius 2 is 2.00 bits per heavy atom. The van der Waals surface area contributed by atoms with Gasteiger partial charge in [-0.25, -0.2) is 19.6 Å². The number of aryl methyl sites for hydroxylation is 1. The Morgan fingerprint density at radius 1 is 1.29 bits per heavy atom. The highest BCUT2D eigenvalue weighted by molar-refractivity contribution is 7.20. The Bertz CT molecular complexity index is 774. The first-order valence-corrected chi connectivity index (χ1v) is 8.27. The van der Waals surface area contributed by atoms with Gasteiger partial charge in [-0.1, -0.05) is 6.92 Å². The number of carbonyl (C=O) groups is 2. The summed E-state index contributed by atoms with van der Waals surface area (Å²) in [4.78, 5) is 32.8. The zero-order valence-electron chi connectivity index (χ0n) is 13.7. The first-order valence-electron chi connectivity index (χ1n) is 7.46. The quantitative estimate of drug-likeness (QED) is 0.750. The lowest BCUT2D eigenvalue weighted by molar-refractivity contribution is -0.155. The average Bonchev–Trinajstić information content (AvgIpc) is 2.89. The number of fused-ring (bicyclic) bond motifs is 1. The minimum Gasteiger partial charge on any atom is -0.462 e. The smallest absolute Gasteiger partial charge is 0.348 e. The normalized spacial score (nSPS) is 12.2. The summed E-state index contributed by atoms with van der Waals surface area (Å²) in [5.74, 6) is -0.773. The third kappa shape index (κ3) is 3.62. The maximum Gasteiger partial charge on any atom is 0.348 e. The molecular weight excluding hydrogens is 334 g/mol. The summed E-state index contributed by atoms with van der Waals surface area (Å²) < 4.78 is 9.96. The lowest BCUT2D eigenvalue weighted by atomic mass is 10.2. The first kappa shape index (κ1) is 18.1. The molecule has 2 aromatic heterocycles. The number of aromatic nitrogens is 2.